The van der Waals surface area contributed by atoms with E-state index in [0.29, 0.717) is 0 Å². The fourth-order valence-electron chi connectivity index (χ4n) is 3.67. The molecule has 0 spiro atoms. The van der Waals surface area contributed by atoms with E-state index in [1.54, 1.807) is 0 Å². The van der Waals surface area contributed by atoms with Crippen molar-refractivity contribution in [2.75, 3.05) is 13.7 Å². The van der Waals surface area contributed by atoms with Crippen LogP contribution in [0.2, 0.25) is 10.0 Å². The lowest BCUT2D eigenvalue weighted by molar-refractivity contribution is 0.0598. The first kappa shape index (κ1) is 32.7. The molecule has 0 aliphatic rings. The Bertz CT molecular complexity index is 667. The maximum absolute atomic E-state index is 11.2. The van der Waals surface area contributed by atoms with Gasteiger partial charge in [0.05, 0.1) is 28.3 Å². The van der Waals surface area contributed by atoms with E-state index in [-0.39, 0.29) is 21.2 Å². The number of methoxy groups -OCH3 is 1. The molecule has 1 aromatic rings. The van der Waals surface area contributed by atoms with Crippen LogP contribution in [0, 0.1) is 0 Å². The maximum atomic E-state index is 11.2. The van der Waals surface area contributed by atoms with Crippen LogP contribution in [0.1, 0.15) is 130 Å². The molecule has 0 unspecified atom stereocenters. The highest BCUT2D eigenvalue weighted by molar-refractivity contribution is 6.37. The summed E-state index contributed by atoms with van der Waals surface area (Å²) in [4.78, 5) is 21.8. The smallest absolute Gasteiger partial charge is 0.339 e. The molecule has 0 fully saturated rings. The summed E-state index contributed by atoms with van der Waals surface area (Å²) in [6, 6.07) is 2.28. The second-order valence-electron chi connectivity index (χ2n) is 8.70. The Balaban J connectivity index is 0.000000657. The fraction of sp³-hybridized carbons (Fsp3) is 0.704. The summed E-state index contributed by atoms with van der Waals surface area (Å²) in [5.74, 6) is -1.88. The molecule has 0 amide bonds. The summed E-state index contributed by atoms with van der Waals surface area (Å²) in [6.07, 6.45) is 22.9. The van der Waals surface area contributed by atoms with Gasteiger partial charge in [0.1, 0.15) is 0 Å². The van der Waals surface area contributed by atoms with Crippen molar-refractivity contribution in [1.29, 1.82) is 0 Å². The molecule has 0 radical (unpaired) electrons. The first-order valence-electron chi connectivity index (χ1n) is 12.9. The number of hydrogen-bond acceptors (Lipinski definition) is 4. The van der Waals surface area contributed by atoms with E-state index in [0.717, 1.165) is 12.6 Å². The van der Waals surface area contributed by atoms with Gasteiger partial charge in [0.25, 0.3) is 0 Å². The van der Waals surface area contributed by atoms with Crippen LogP contribution in [0.5, 0.6) is 0 Å². The molecule has 0 saturated heterocycles. The molecule has 0 atom stereocenters. The zero-order valence-corrected chi connectivity index (χ0v) is 22.7. The minimum absolute atomic E-state index is 0.0105. The molecule has 0 aliphatic heterocycles. The van der Waals surface area contributed by atoms with Crippen LogP contribution in [0.4, 0.5) is 0 Å². The molecular formula is C27H45Cl2NO4. The highest BCUT2D eigenvalue weighted by Gasteiger charge is 2.17. The van der Waals surface area contributed by atoms with Crippen LogP contribution in [0.15, 0.2) is 12.1 Å². The average Bonchev–Trinajstić information content (AvgIpc) is 2.82. The van der Waals surface area contributed by atoms with E-state index in [4.69, 9.17) is 34.0 Å². The number of halogens is 2. The minimum Gasteiger partial charge on any atom is -0.478 e. The quantitative estimate of drug-likeness (QED) is 0.150. The van der Waals surface area contributed by atoms with Crippen molar-refractivity contribution < 1.29 is 19.4 Å². The number of carboxylic acid groups (broad SMARTS) is 1. The van der Waals surface area contributed by atoms with E-state index in [9.17, 15) is 9.59 Å². The number of carbonyl (C=O) groups is 2. The molecule has 34 heavy (non-hydrogen) atoms. The molecule has 0 aliphatic carbocycles. The van der Waals surface area contributed by atoms with Gasteiger partial charge in [-0.3, -0.25) is 0 Å². The van der Waals surface area contributed by atoms with Gasteiger partial charge in [-0.15, -0.1) is 0 Å². The summed E-state index contributed by atoms with van der Waals surface area (Å²) >= 11 is 11.3. The van der Waals surface area contributed by atoms with E-state index < -0.39 is 11.9 Å². The summed E-state index contributed by atoms with van der Waals surface area (Å²) < 4.78 is 4.44. The van der Waals surface area contributed by atoms with Gasteiger partial charge in [0.2, 0.25) is 0 Å². The van der Waals surface area contributed by atoms with Crippen molar-refractivity contribution >= 4 is 35.1 Å². The molecule has 0 aromatic heterocycles. The number of rotatable bonds is 18. The molecular weight excluding hydrogens is 473 g/mol. The van der Waals surface area contributed by atoms with Crippen molar-refractivity contribution in [2.45, 2.75) is 110 Å². The van der Waals surface area contributed by atoms with Crippen molar-refractivity contribution in [2.24, 2.45) is 5.73 Å². The Kier molecular flexibility index (Phi) is 21.3. The largest absolute Gasteiger partial charge is 0.478 e. The molecule has 1 aromatic carbocycles. The zero-order chi connectivity index (χ0) is 25.6. The van der Waals surface area contributed by atoms with E-state index in [1.807, 2.05) is 0 Å². The van der Waals surface area contributed by atoms with Crippen molar-refractivity contribution in [1.82, 2.24) is 0 Å². The van der Waals surface area contributed by atoms with Gasteiger partial charge in [-0.25, -0.2) is 9.59 Å². The Hall–Kier alpha value is -1.30. The Labute approximate surface area is 216 Å². The Morgan fingerprint density at radius 1 is 0.735 bits per heavy atom. The lowest BCUT2D eigenvalue weighted by atomic mass is 10.0. The van der Waals surface area contributed by atoms with Gasteiger partial charge < -0.3 is 15.6 Å². The number of ether oxygens (including phenoxy) is 1. The monoisotopic (exact) mass is 517 g/mol. The van der Waals surface area contributed by atoms with E-state index in [2.05, 4.69) is 11.7 Å². The van der Waals surface area contributed by atoms with E-state index >= 15 is 0 Å². The van der Waals surface area contributed by atoms with Gasteiger partial charge in [0.15, 0.2) is 0 Å². The normalized spacial score (nSPS) is 10.5. The summed E-state index contributed by atoms with van der Waals surface area (Å²) in [7, 11) is 1.19. The topological polar surface area (TPSA) is 89.6 Å². The molecule has 5 nitrogen and oxygen atoms in total. The number of benzene rings is 1. The third-order valence-corrected chi connectivity index (χ3v) is 6.38. The van der Waals surface area contributed by atoms with Gasteiger partial charge in [-0.1, -0.05) is 126 Å². The van der Waals surface area contributed by atoms with Crippen LogP contribution < -0.4 is 5.73 Å². The highest BCUT2D eigenvalue weighted by atomic mass is 35.5. The zero-order valence-electron chi connectivity index (χ0n) is 21.2. The molecule has 0 heterocycles. The van der Waals surface area contributed by atoms with Crippen LogP contribution in [0.3, 0.4) is 0 Å². The second kappa shape index (κ2) is 22.2. The number of aromatic carboxylic acids is 1. The van der Waals surface area contributed by atoms with Crippen LogP contribution in [0.25, 0.3) is 0 Å². The fourth-order valence-corrected chi connectivity index (χ4v) is 4.15. The predicted molar refractivity (Wildman–Crippen MR) is 143 cm³/mol. The molecule has 3 N–H and O–H groups in total. The molecule has 196 valence electrons. The van der Waals surface area contributed by atoms with Gasteiger partial charge in [-0.05, 0) is 25.1 Å². The third-order valence-electron chi connectivity index (χ3n) is 5.75. The highest BCUT2D eigenvalue weighted by Crippen LogP contribution is 2.26. The first-order valence-corrected chi connectivity index (χ1v) is 13.6. The van der Waals surface area contributed by atoms with Crippen molar-refractivity contribution in [3.63, 3.8) is 0 Å². The molecule has 0 bridgehead atoms. The Morgan fingerprint density at radius 2 is 1.09 bits per heavy atom. The van der Waals surface area contributed by atoms with Crippen LogP contribution in [-0.2, 0) is 4.74 Å². The number of hydrogen-bond donors (Lipinski definition) is 2. The minimum atomic E-state index is -1.21. The lowest BCUT2D eigenvalue weighted by Gasteiger charge is -2.05. The SMILES string of the molecule is CCCCCCCCCCCCCCCCCCN.COC(=O)c1cc(Cl)c(C(=O)O)cc1Cl. The lowest BCUT2D eigenvalue weighted by Crippen LogP contribution is -2.05. The molecule has 7 heteroatoms. The van der Waals surface area contributed by atoms with Crippen LogP contribution in [-0.4, -0.2) is 30.7 Å². The first-order chi connectivity index (χ1) is 16.4. The third kappa shape index (κ3) is 16.3. The van der Waals surface area contributed by atoms with Crippen LogP contribution >= 0.6 is 23.2 Å². The summed E-state index contributed by atoms with van der Waals surface area (Å²) in [5.41, 5.74) is 5.36. The molecule has 1 rings (SSSR count). The molecule has 0 saturated carbocycles. The number of nitrogens with two attached hydrogens (primary N) is 1. The van der Waals surface area contributed by atoms with Gasteiger partial charge in [0, 0.05) is 0 Å². The average molecular weight is 519 g/mol. The maximum Gasteiger partial charge on any atom is 0.339 e. The predicted octanol–water partition coefficient (Wildman–Crippen LogP) is 8.68. The van der Waals surface area contributed by atoms with E-state index in [1.165, 1.54) is 116 Å². The number of unbranched alkanes of at least 4 members (excludes halogenated alkanes) is 15. The van der Waals surface area contributed by atoms with Gasteiger partial charge in [-0.2, -0.15) is 0 Å². The standard InChI is InChI=1S/C18H39N.C9H6Cl2O4/c1-2-3-4-5-6-7-8-9-10-11-12-13-14-15-16-17-18-19;1-15-9(14)5-3-6(10)4(8(12)13)2-7(5)11/h2-19H2,1H3;2-3H,1H3,(H,12,13). The second-order valence-corrected chi connectivity index (χ2v) is 9.52. The summed E-state index contributed by atoms with van der Waals surface area (Å²) in [5, 5.41) is 8.64. The number of esters is 1. The van der Waals surface area contributed by atoms with Crippen molar-refractivity contribution in [3.8, 4) is 0 Å². The summed E-state index contributed by atoms with van der Waals surface area (Å²) in [6.45, 7) is 3.16. The Morgan fingerprint density at radius 3 is 1.44 bits per heavy atom. The van der Waals surface area contributed by atoms with Gasteiger partial charge >= 0.3 is 11.9 Å². The number of carbonyl (C=O) groups excluding carboxylic acids is 1. The van der Waals surface area contributed by atoms with Crippen molar-refractivity contribution in [3.05, 3.63) is 33.3 Å². The number of carboxylic acids is 1.